The lowest BCUT2D eigenvalue weighted by molar-refractivity contribution is 0.172. The van der Waals surface area contributed by atoms with Crippen molar-refractivity contribution in [2.75, 3.05) is 20.3 Å². The van der Waals surface area contributed by atoms with E-state index in [9.17, 15) is 4.39 Å². The van der Waals surface area contributed by atoms with Crippen molar-refractivity contribution >= 4 is 22.6 Å². The molecule has 0 radical (unpaired) electrons. The summed E-state index contributed by atoms with van der Waals surface area (Å²) in [7, 11) is 1.66. The van der Waals surface area contributed by atoms with Crippen molar-refractivity contribution in [3.8, 4) is 5.75 Å². The molecule has 1 aromatic rings. The van der Waals surface area contributed by atoms with Gasteiger partial charge in [0.2, 0.25) is 0 Å². The quantitative estimate of drug-likeness (QED) is 0.612. The van der Waals surface area contributed by atoms with Gasteiger partial charge in [-0.1, -0.05) is 0 Å². The first-order chi connectivity index (χ1) is 7.15. The Morgan fingerprint density at radius 1 is 1.33 bits per heavy atom. The highest BCUT2D eigenvalue weighted by Gasteiger charge is 2.05. The monoisotopic (exact) mass is 324 g/mol. The second kappa shape index (κ2) is 6.27. The first-order valence-electron chi connectivity index (χ1n) is 4.72. The van der Waals surface area contributed by atoms with Gasteiger partial charge in [0.15, 0.2) is 0 Å². The fourth-order valence-electron chi connectivity index (χ4n) is 1.17. The third-order valence-electron chi connectivity index (χ3n) is 1.97. The maximum Gasteiger partial charge on any atom is 0.137 e. The molecule has 0 aliphatic rings. The summed E-state index contributed by atoms with van der Waals surface area (Å²) in [6.45, 7) is 3.11. The summed E-state index contributed by atoms with van der Waals surface area (Å²) in [5.74, 6) is 0.550. The van der Waals surface area contributed by atoms with Crippen LogP contribution in [-0.4, -0.2) is 20.3 Å². The van der Waals surface area contributed by atoms with Crippen LogP contribution in [0.2, 0.25) is 0 Å². The lowest BCUT2D eigenvalue weighted by Crippen LogP contribution is -2.03. The Kier molecular flexibility index (Phi) is 5.31. The molecular weight excluding hydrogens is 310 g/mol. The molecule has 0 saturated carbocycles. The van der Waals surface area contributed by atoms with Gasteiger partial charge in [-0.2, -0.15) is 0 Å². The number of hydrogen-bond donors (Lipinski definition) is 0. The van der Waals surface area contributed by atoms with E-state index >= 15 is 0 Å². The summed E-state index contributed by atoms with van der Waals surface area (Å²) in [4.78, 5) is 0. The van der Waals surface area contributed by atoms with E-state index < -0.39 is 0 Å². The maximum absolute atomic E-state index is 13.1. The summed E-state index contributed by atoms with van der Waals surface area (Å²) in [5.41, 5.74) is 0.824. The zero-order valence-corrected chi connectivity index (χ0v) is 11.0. The zero-order chi connectivity index (χ0) is 11.3. The molecule has 0 heterocycles. The Morgan fingerprint density at radius 2 is 2.07 bits per heavy atom. The first kappa shape index (κ1) is 12.7. The van der Waals surface area contributed by atoms with E-state index in [0.717, 1.165) is 17.7 Å². The van der Waals surface area contributed by atoms with Crippen molar-refractivity contribution < 1.29 is 13.9 Å². The topological polar surface area (TPSA) is 18.5 Å². The molecule has 15 heavy (non-hydrogen) atoms. The Hall–Kier alpha value is -0.360. The fraction of sp³-hybridized carbons (Fsp3) is 0.455. The molecule has 84 valence electrons. The van der Waals surface area contributed by atoms with Crippen LogP contribution in [0.25, 0.3) is 0 Å². The van der Waals surface area contributed by atoms with Crippen LogP contribution >= 0.6 is 22.6 Å². The van der Waals surface area contributed by atoms with Crippen molar-refractivity contribution in [1.82, 2.24) is 0 Å². The lowest BCUT2D eigenvalue weighted by atomic mass is 10.2. The molecule has 0 bridgehead atoms. The number of hydrogen-bond acceptors (Lipinski definition) is 2. The molecule has 0 aliphatic heterocycles. The smallest absolute Gasteiger partial charge is 0.137 e. The van der Waals surface area contributed by atoms with Gasteiger partial charge in [-0.05, 0) is 47.2 Å². The van der Waals surface area contributed by atoms with E-state index in [1.165, 1.54) is 6.07 Å². The zero-order valence-electron chi connectivity index (χ0n) is 8.85. The van der Waals surface area contributed by atoms with Crippen LogP contribution in [0.5, 0.6) is 5.75 Å². The lowest BCUT2D eigenvalue weighted by Gasteiger charge is -2.09. The molecule has 4 heteroatoms. The van der Waals surface area contributed by atoms with Gasteiger partial charge in [-0.15, -0.1) is 0 Å². The Balaban J connectivity index is 2.57. The highest BCUT2D eigenvalue weighted by Crippen LogP contribution is 2.23. The average molecular weight is 324 g/mol. The number of halogens is 2. The van der Waals surface area contributed by atoms with Crippen molar-refractivity contribution in [2.24, 2.45) is 0 Å². The molecule has 0 amide bonds. The second-order valence-corrected chi connectivity index (χ2v) is 4.39. The van der Waals surface area contributed by atoms with E-state index in [2.05, 4.69) is 0 Å². The predicted molar refractivity (Wildman–Crippen MR) is 65.8 cm³/mol. The van der Waals surface area contributed by atoms with Gasteiger partial charge >= 0.3 is 0 Å². The molecule has 2 nitrogen and oxygen atoms in total. The normalized spacial score (nSPS) is 10.4. The number of aryl methyl sites for hydroxylation is 1. The summed E-state index contributed by atoms with van der Waals surface area (Å²) in [6, 6.07) is 3.21. The molecule has 1 aromatic carbocycles. The first-order valence-corrected chi connectivity index (χ1v) is 5.80. The molecular formula is C11H14FIO2. The third kappa shape index (κ3) is 3.95. The van der Waals surface area contributed by atoms with Crippen LogP contribution in [0.3, 0.4) is 0 Å². The minimum Gasteiger partial charge on any atom is -0.493 e. The summed E-state index contributed by atoms with van der Waals surface area (Å²) in [6.07, 6.45) is 0.837. The largest absolute Gasteiger partial charge is 0.493 e. The highest BCUT2D eigenvalue weighted by atomic mass is 127. The molecule has 1 rings (SSSR count). The van der Waals surface area contributed by atoms with Crippen LogP contribution in [0, 0.1) is 16.3 Å². The van der Waals surface area contributed by atoms with Gasteiger partial charge in [-0.25, -0.2) is 4.39 Å². The molecule has 0 atom stereocenters. The van der Waals surface area contributed by atoms with Crippen LogP contribution in [0.15, 0.2) is 12.1 Å². The number of benzene rings is 1. The van der Waals surface area contributed by atoms with E-state index in [-0.39, 0.29) is 5.82 Å². The minimum absolute atomic E-state index is 0.197. The molecule has 0 N–H and O–H groups in total. The molecule has 0 aromatic heterocycles. The maximum atomic E-state index is 13.1. The number of rotatable bonds is 5. The van der Waals surface area contributed by atoms with Crippen molar-refractivity contribution in [3.05, 3.63) is 27.1 Å². The standard InChI is InChI=1S/C11H14FIO2/c1-8-6-9(12)10(13)7-11(8)15-5-3-4-14-2/h6-7H,3-5H2,1-2H3. The van der Waals surface area contributed by atoms with Gasteiger partial charge in [0.05, 0.1) is 10.2 Å². The molecule has 0 unspecified atom stereocenters. The second-order valence-electron chi connectivity index (χ2n) is 3.23. The third-order valence-corrected chi connectivity index (χ3v) is 2.79. The average Bonchev–Trinajstić information content (AvgIpc) is 2.20. The Bertz CT molecular complexity index is 329. The van der Waals surface area contributed by atoms with Gasteiger partial charge in [-0.3, -0.25) is 0 Å². The van der Waals surface area contributed by atoms with Gasteiger partial charge < -0.3 is 9.47 Å². The van der Waals surface area contributed by atoms with E-state index in [1.807, 2.05) is 29.5 Å². The SMILES string of the molecule is COCCCOc1cc(I)c(F)cc1C. The minimum atomic E-state index is -0.197. The number of ether oxygens (including phenoxy) is 2. The molecule has 0 spiro atoms. The van der Waals surface area contributed by atoms with E-state index in [0.29, 0.717) is 16.8 Å². The molecule has 0 aliphatic carbocycles. The van der Waals surface area contributed by atoms with Crippen molar-refractivity contribution in [3.63, 3.8) is 0 Å². The van der Waals surface area contributed by atoms with Crippen LogP contribution < -0.4 is 4.74 Å². The Morgan fingerprint density at radius 3 is 2.73 bits per heavy atom. The number of methoxy groups -OCH3 is 1. The summed E-state index contributed by atoms with van der Waals surface area (Å²) in [5, 5.41) is 0. The van der Waals surface area contributed by atoms with E-state index in [4.69, 9.17) is 9.47 Å². The van der Waals surface area contributed by atoms with Gasteiger partial charge in [0.1, 0.15) is 11.6 Å². The fourth-order valence-corrected chi connectivity index (χ4v) is 1.61. The Labute approximate surface area is 103 Å². The highest BCUT2D eigenvalue weighted by molar-refractivity contribution is 14.1. The predicted octanol–water partition coefficient (Wildman–Crippen LogP) is 3.15. The van der Waals surface area contributed by atoms with Crippen LogP contribution in [-0.2, 0) is 4.74 Å². The van der Waals surface area contributed by atoms with Crippen molar-refractivity contribution in [1.29, 1.82) is 0 Å². The van der Waals surface area contributed by atoms with E-state index in [1.54, 1.807) is 13.2 Å². The van der Waals surface area contributed by atoms with Gasteiger partial charge in [0, 0.05) is 20.1 Å². The summed E-state index contributed by atoms with van der Waals surface area (Å²) < 4.78 is 24.1. The summed E-state index contributed by atoms with van der Waals surface area (Å²) >= 11 is 1.96. The van der Waals surface area contributed by atoms with Crippen molar-refractivity contribution in [2.45, 2.75) is 13.3 Å². The molecule has 0 fully saturated rings. The van der Waals surface area contributed by atoms with Crippen LogP contribution in [0.1, 0.15) is 12.0 Å². The molecule has 0 saturated heterocycles. The van der Waals surface area contributed by atoms with Crippen LogP contribution in [0.4, 0.5) is 4.39 Å². The van der Waals surface area contributed by atoms with Gasteiger partial charge in [0.25, 0.3) is 0 Å².